The number of aryl methyl sites for hydroxylation is 3. The normalized spacial score (nSPS) is 10.5. The van der Waals surface area contributed by atoms with Crippen molar-refractivity contribution in [3.8, 4) is 23.0 Å². The highest BCUT2D eigenvalue weighted by Crippen LogP contribution is 2.29. The molecule has 0 aliphatic carbocycles. The van der Waals surface area contributed by atoms with Crippen LogP contribution in [0.25, 0.3) is 0 Å². The van der Waals surface area contributed by atoms with Crippen LogP contribution in [0.2, 0.25) is 0 Å². The Morgan fingerprint density at radius 3 is 2.07 bits per heavy atom. The van der Waals surface area contributed by atoms with E-state index in [1.54, 1.807) is 0 Å². The molecule has 0 bridgehead atoms. The number of carbonyl (C=O) groups is 1. The quantitative estimate of drug-likeness (QED) is 0.511. The largest absolute Gasteiger partial charge is 0.481 e. The van der Waals surface area contributed by atoms with Gasteiger partial charge in [-0.05, 0) is 72.9 Å². The Hall–Kier alpha value is -3.27. The Morgan fingerprint density at radius 1 is 0.857 bits per heavy atom. The second-order valence-electron chi connectivity index (χ2n) is 6.66. The van der Waals surface area contributed by atoms with Crippen LogP contribution in [0, 0.1) is 6.92 Å². The fourth-order valence-electron chi connectivity index (χ4n) is 2.92. The second kappa shape index (κ2) is 9.09. The molecule has 0 radical (unpaired) electrons. The third-order valence-corrected chi connectivity index (χ3v) is 4.53. The van der Waals surface area contributed by atoms with Gasteiger partial charge in [0, 0.05) is 12.5 Å². The predicted octanol–water partition coefficient (Wildman–Crippen LogP) is 6.16. The van der Waals surface area contributed by atoms with E-state index in [0.717, 1.165) is 23.3 Å². The maximum absolute atomic E-state index is 10.8. The van der Waals surface area contributed by atoms with Crippen molar-refractivity contribution in [3.63, 3.8) is 0 Å². The molecule has 0 fully saturated rings. The summed E-state index contributed by atoms with van der Waals surface area (Å²) >= 11 is 0. The smallest absolute Gasteiger partial charge is 0.303 e. The minimum atomic E-state index is -0.791. The third-order valence-electron chi connectivity index (χ3n) is 4.53. The van der Waals surface area contributed by atoms with E-state index >= 15 is 0 Å². The summed E-state index contributed by atoms with van der Waals surface area (Å²) in [6.07, 6.45) is 1.64. The van der Waals surface area contributed by atoms with Crippen LogP contribution >= 0.6 is 0 Å². The molecule has 0 aliphatic rings. The SMILES string of the molecule is CCc1ccc(Oc2cccc(Oc3ccc(CCC(=O)O)c(C)c3)c2)cc1. The van der Waals surface area contributed by atoms with Gasteiger partial charge in [-0.3, -0.25) is 4.79 Å². The van der Waals surface area contributed by atoms with E-state index in [1.165, 1.54) is 5.56 Å². The molecule has 0 aliphatic heterocycles. The molecule has 144 valence electrons. The first-order valence-electron chi connectivity index (χ1n) is 9.39. The number of hydrogen-bond donors (Lipinski definition) is 1. The zero-order valence-electron chi connectivity index (χ0n) is 16.1. The lowest BCUT2D eigenvalue weighted by Gasteiger charge is -2.11. The van der Waals surface area contributed by atoms with Crippen LogP contribution in [-0.2, 0) is 17.6 Å². The van der Waals surface area contributed by atoms with Crippen LogP contribution in [0.15, 0.2) is 66.7 Å². The third kappa shape index (κ3) is 5.36. The minimum Gasteiger partial charge on any atom is -0.481 e. The molecular formula is C24H24O4. The number of carboxylic acids is 1. The van der Waals surface area contributed by atoms with Crippen LogP contribution < -0.4 is 9.47 Å². The van der Waals surface area contributed by atoms with Crippen molar-refractivity contribution >= 4 is 5.97 Å². The maximum Gasteiger partial charge on any atom is 0.303 e. The molecule has 3 rings (SSSR count). The maximum atomic E-state index is 10.8. The molecule has 3 aromatic rings. The molecule has 0 aromatic heterocycles. The topological polar surface area (TPSA) is 55.8 Å². The van der Waals surface area contributed by atoms with Gasteiger partial charge in [0.05, 0.1) is 0 Å². The molecule has 0 unspecified atom stereocenters. The van der Waals surface area contributed by atoms with E-state index in [9.17, 15) is 4.79 Å². The summed E-state index contributed by atoms with van der Waals surface area (Å²) in [4.78, 5) is 10.8. The minimum absolute atomic E-state index is 0.125. The molecule has 4 heteroatoms. The lowest BCUT2D eigenvalue weighted by Crippen LogP contribution is -1.99. The zero-order valence-corrected chi connectivity index (χ0v) is 16.1. The Morgan fingerprint density at radius 2 is 1.46 bits per heavy atom. The molecule has 0 spiro atoms. The average Bonchev–Trinajstić information content (AvgIpc) is 2.68. The average molecular weight is 376 g/mol. The lowest BCUT2D eigenvalue weighted by atomic mass is 10.0. The number of benzene rings is 3. The summed E-state index contributed by atoms with van der Waals surface area (Å²) in [6.45, 7) is 4.08. The molecule has 3 aromatic carbocycles. The number of carboxylic acid groups (broad SMARTS) is 1. The van der Waals surface area contributed by atoms with Gasteiger partial charge >= 0.3 is 5.97 Å². The van der Waals surface area contributed by atoms with Crippen molar-refractivity contribution in [2.75, 3.05) is 0 Å². The van der Waals surface area contributed by atoms with Crippen LogP contribution in [0.1, 0.15) is 30.0 Å². The van der Waals surface area contributed by atoms with E-state index in [-0.39, 0.29) is 6.42 Å². The van der Waals surface area contributed by atoms with Crippen molar-refractivity contribution in [3.05, 3.63) is 83.4 Å². The molecule has 0 atom stereocenters. The number of aliphatic carboxylic acids is 1. The van der Waals surface area contributed by atoms with E-state index in [1.807, 2.05) is 61.5 Å². The van der Waals surface area contributed by atoms with E-state index in [2.05, 4.69) is 19.1 Å². The fraction of sp³-hybridized carbons (Fsp3) is 0.208. The molecule has 1 N–H and O–H groups in total. The molecular weight excluding hydrogens is 352 g/mol. The van der Waals surface area contributed by atoms with Gasteiger partial charge in [-0.25, -0.2) is 0 Å². The van der Waals surface area contributed by atoms with Crippen LogP contribution in [0.3, 0.4) is 0 Å². The molecule has 0 saturated heterocycles. The van der Waals surface area contributed by atoms with Crippen molar-refractivity contribution in [2.24, 2.45) is 0 Å². The van der Waals surface area contributed by atoms with Gasteiger partial charge in [-0.1, -0.05) is 31.2 Å². The molecule has 4 nitrogen and oxygen atoms in total. The van der Waals surface area contributed by atoms with Crippen LogP contribution in [0.4, 0.5) is 0 Å². The molecule has 0 heterocycles. The highest BCUT2D eigenvalue weighted by Gasteiger charge is 2.06. The summed E-state index contributed by atoms with van der Waals surface area (Å²) in [5, 5.41) is 8.84. The standard InChI is InChI=1S/C24H24O4/c1-3-18-7-11-20(12-8-18)27-21-5-4-6-22(16-21)28-23-13-9-19(17(2)15-23)10-14-24(25)26/h4-9,11-13,15-16H,3,10,14H2,1-2H3,(H,25,26). The van der Waals surface area contributed by atoms with E-state index < -0.39 is 5.97 Å². The fourth-order valence-corrected chi connectivity index (χ4v) is 2.92. The Balaban J connectivity index is 1.68. The summed E-state index contributed by atoms with van der Waals surface area (Å²) < 4.78 is 11.9. The summed E-state index contributed by atoms with van der Waals surface area (Å²) in [6, 6.07) is 21.3. The van der Waals surface area contributed by atoms with Crippen molar-refractivity contribution in [2.45, 2.75) is 33.1 Å². The zero-order chi connectivity index (χ0) is 19.9. The summed E-state index contributed by atoms with van der Waals surface area (Å²) in [7, 11) is 0. The highest BCUT2D eigenvalue weighted by molar-refractivity contribution is 5.67. The molecule has 0 saturated carbocycles. The highest BCUT2D eigenvalue weighted by atomic mass is 16.5. The summed E-state index contributed by atoms with van der Waals surface area (Å²) in [5.74, 6) is 2.09. The Kier molecular flexibility index (Phi) is 6.33. The van der Waals surface area contributed by atoms with Gasteiger partial charge in [0.1, 0.15) is 23.0 Å². The van der Waals surface area contributed by atoms with Crippen LogP contribution in [0.5, 0.6) is 23.0 Å². The van der Waals surface area contributed by atoms with Gasteiger partial charge in [-0.2, -0.15) is 0 Å². The van der Waals surface area contributed by atoms with Crippen LogP contribution in [-0.4, -0.2) is 11.1 Å². The van der Waals surface area contributed by atoms with Gasteiger partial charge in [-0.15, -0.1) is 0 Å². The molecule has 0 amide bonds. The van der Waals surface area contributed by atoms with Gasteiger partial charge in [0.15, 0.2) is 0 Å². The van der Waals surface area contributed by atoms with E-state index in [4.69, 9.17) is 14.6 Å². The Bertz CT molecular complexity index is 945. The summed E-state index contributed by atoms with van der Waals surface area (Å²) in [5.41, 5.74) is 3.30. The van der Waals surface area contributed by atoms with E-state index in [0.29, 0.717) is 23.7 Å². The first-order valence-corrected chi connectivity index (χ1v) is 9.39. The van der Waals surface area contributed by atoms with Gasteiger partial charge in [0.25, 0.3) is 0 Å². The number of ether oxygens (including phenoxy) is 2. The lowest BCUT2D eigenvalue weighted by molar-refractivity contribution is -0.136. The predicted molar refractivity (Wildman–Crippen MR) is 110 cm³/mol. The Labute approximate surface area is 165 Å². The van der Waals surface area contributed by atoms with Crippen molar-refractivity contribution in [1.82, 2.24) is 0 Å². The van der Waals surface area contributed by atoms with Gasteiger partial charge < -0.3 is 14.6 Å². The number of hydrogen-bond acceptors (Lipinski definition) is 3. The second-order valence-corrected chi connectivity index (χ2v) is 6.66. The first kappa shape index (κ1) is 19.5. The van der Waals surface area contributed by atoms with Crippen molar-refractivity contribution < 1.29 is 19.4 Å². The molecule has 28 heavy (non-hydrogen) atoms. The monoisotopic (exact) mass is 376 g/mol. The van der Waals surface area contributed by atoms with Crippen molar-refractivity contribution in [1.29, 1.82) is 0 Å². The first-order chi connectivity index (χ1) is 13.5. The number of rotatable bonds is 8. The van der Waals surface area contributed by atoms with Gasteiger partial charge in [0.2, 0.25) is 0 Å².